The molecule has 0 fully saturated rings. The quantitative estimate of drug-likeness (QED) is 0.618. The summed E-state index contributed by atoms with van der Waals surface area (Å²) in [6.45, 7) is 0. The van der Waals surface area contributed by atoms with Crippen LogP contribution >= 0.6 is 15.9 Å². The molecular formula is C18H13BrFNO2S. The van der Waals surface area contributed by atoms with Crippen molar-refractivity contribution in [1.29, 1.82) is 0 Å². The Morgan fingerprint density at radius 1 is 1.04 bits per heavy atom. The van der Waals surface area contributed by atoms with E-state index in [1.807, 2.05) is 30.3 Å². The van der Waals surface area contributed by atoms with Crippen LogP contribution in [0, 0.1) is 5.82 Å². The maximum absolute atomic E-state index is 14.2. The minimum atomic E-state index is -2.07. The summed E-state index contributed by atoms with van der Waals surface area (Å²) in [5.41, 5.74) is 3.63. The summed E-state index contributed by atoms with van der Waals surface area (Å²) in [5.74, 6) is -0.723. The first-order chi connectivity index (χ1) is 11.5. The molecule has 1 atom stereocenters. The lowest BCUT2D eigenvalue weighted by Crippen LogP contribution is -1.97. The molecule has 0 aliphatic rings. The van der Waals surface area contributed by atoms with Crippen LogP contribution in [0.3, 0.4) is 0 Å². The van der Waals surface area contributed by atoms with Gasteiger partial charge in [0.1, 0.15) is 5.82 Å². The van der Waals surface area contributed by atoms with Crippen LogP contribution < -0.4 is 0 Å². The Bertz CT molecular complexity index is 900. The van der Waals surface area contributed by atoms with E-state index < -0.39 is 16.9 Å². The van der Waals surface area contributed by atoms with Crippen LogP contribution in [0.2, 0.25) is 0 Å². The average Bonchev–Trinajstić information content (AvgIpc) is 2.57. The molecule has 3 rings (SSSR count). The van der Waals surface area contributed by atoms with Crippen LogP contribution in [0.25, 0.3) is 22.3 Å². The van der Waals surface area contributed by atoms with Crippen LogP contribution in [0.15, 0.2) is 65.4 Å². The molecule has 0 saturated carbocycles. The van der Waals surface area contributed by atoms with Crippen LogP contribution in [-0.4, -0.2) is 13.7 Å². The summed E-state index contributed by atoms with van der Waals surface area (Å²) in [6, 6.07) is 14.4. The van der Waals surface area contributed by atoms with Crippen molar-refractivity contribution in [3.63, 3.8) is 0 Å². The summed E-state index contributed by atoms with van der Waals surface area (Å²) < 4.78 is 35.0. The van der Waals surface area contributed by atoms with E-state index in [-0.39, 0.29) is 11.3 Å². The highest BCUT2D eigenvalue weighted by atomic mass is 79.9. The summed E-state index contributed by atoms with van der Waals surface area (Å²) >= 11 is 1.34. The second-order valence-electron chi connectivity index (χ2n) is 5.20. The second kappa shape index (κ2) is 7.34. The molecule has 0 spiro atoms. The lowest BCUT2D eigenvalue weighted by Gasteiger charge is -2.11. The number of pyridine rings is 1. The van der Waals surface area contributed by atoms with Gasteiger partial charge in [-0.1, -0.05) is 40.2 Å². The molecule has 1 N–H and O–H groups in total. The molecule has 0 amide bonds. The van der Waals surface area contributed by atoms with E-state index in [9.17, 15) is 8.60 Å². The van der Waals surface area contributed by atoms with Gasteiger partial charge in [0.2, 0.25) is 0 Å². The highest BCUT2D eigenvalue weighted by molar-refractivity contribution is 9.10. The Balaban J connectivity index is 2.06. The fourth-order valence-electron chi connectivity index (χ4n) is 2.47. The Morgan fingerprint density at radius 2 is 1.75 bits per heavy atom. The van der Waals surface area contributed by atoms with Crippen molar-refractivity contribution in [2.45, 2.75) is 5.75 Å². The third kappa shape index (κ3) is 3.77. The Morgan fingerprint density at radius 3 is 2.42 bits per heavy atom. The van der Waals surface area contributed by atoms with Gasteiger partial charge in [0.15, 0.2) is 11.1 Å². The lowest BCUT2D eigenvalue weighted by molar-refractivity contribution is 0.559. The van der Waals surface area contributed by atoms with E-state index in [4.69, 9.17) is 4.55 Å². The van der Waals surface area contributed by atoms with Gasteiger partial charge in [-0.25, -0.2) is 8.60 Å². The molecule has 3 aromatic rings. The Labute approximate surface area is 150 Å². The largest absolute Gasteiger partial charge is 0.306 e. The molecule has 0 aliphatic heterocycles. The summed E-state index contributed by atoms with van der Waals surface area (Å²) in [7, 11) is 0. The zero-order valence-electron chi connectivity index (χ0n) is 12.4. The molecule has 0 saturated heterocycles. The lowest BCUT2D eigenvalue weighted by atomic mass is 9.96. The van der Waals surface area contributed by atoms with Crippen molar-refractivity contribution in [2.75, 3.05) is 0 Å². The first-order valence-electron chi connectivity index (χ1n) is 7.11. The van der Waals surface area contributed by atoms with Gasteiger partial charge < -0.3 is 4.55 Å². The van der Waals surface area contributed by atoms with E-state index >= 15 is 0 Å². The molecular weight excluding hydrogens is 393 g/mol. The molecule has 24 heavy (non-hydrogen) atoms. The SMILES string of the molecule is O=S(O)Cc1ccc(-c2cnccc2-c2ccc(Br)cc2)cc1F. The number of hydrogen-bond donors (Lipinski definition) is 1. The number of hydrogen-bond acceptors (Lipinski definition) is 2. The minimum absolute atomic E-state index is 0.216. The van der Waals surface area contributed by atoms with Crippen molar-refractivity contribution in [1.82, 2.24) is 4.98 Å². The fourth-order valence-corrected chi connectivity index (χ4v) is 3.24. The fraction of sp³-hybridized carbons (Fsp3) is 0.0556. The molecule has 1 aromatic heterocycles. The predicted octanol–water partition coefficient (Wildman–Crippen LogP) is 5.04. The minimum Gasteiger partial charge on any atom is -0.306 e. The number of aromatic nitrogens is 1. The van der Waals surface area contributed by atoms with Gasteiger partial charge in [0.05, 0.1) is 5.75 Å². The van der Waals surface area contributed by atoms with Crippen molar-refractivity contribution in [2.24, 2.45) is 0 Å². The van der Waals surface area contributed by atoms with Crippen molar-refractivity contribution >= 4 is 27.0 Å². The maximum Gasteiger partial charge on any atom is 0.157 e. The first-order valence-corrected chi connectivity index (χ1v) is 9.17. The van der Waals surface area contributed by atoms with Gasteiger partial charge in [0.25, 0.3) is 0 Å². The molecule has 6 heteroatoms. The maximum atomic E-state index is 14.2. The number of nitrogens with zero attached hydrogens (tertiary/aromatic N) is 1. The van der Waals surface area contributed by atoms with Gasteiger partial charge in [0, 0.05) is 28.0 Å². The molecule has 1 heterocycles. The van der Waals surface area contributed by atoms with E-state index in [0.717, 1.165) is 21.2 Å². The number of benzene rings is 2. The zero-order chi connectivity index (χ0) is 17.1. The molecule has 0 bridgehead atoms. The van der Waals surface area contributed by atoms with Gasteiger partial charge in [-0.3, -0.25) is 4.98 Å². The average molecular weight is 406 g/mol. The van der Waals surface area contributed by atoms with Gasteiger partial charge in [-0.15, -0.1) is 0 Å². The summed E-state index contributed by atoms with van der Waals surface area (Å²) in [4.78, 5) is 4.14. The molecule has 0 aliphatic carbocycles. The molecule has 0 radical (unpaired) electrons. The van der Waals surface area contributed by atoms with E-state index in [2.05, 4.69) is 20.9 Å². The highest BCUT2D eigenvalue weighted by Gasteiger charge is 2.11. The van der Waals surface area contributed by atoms with Crippen molar-refractivity contribution in [3.05, 3.63) is 76.8 Å². The number of halogens is 2. The van der Waals surface area contributed by atoms with Crippen LogP contribution in [0.1, 0.15) is 5.56 Å². The standard InChI is InChI=1S/C18H13BrFNO2S/c19-15-5-3-12(4-6-15)16-7-8-21-10-17(16)13-1-2-14(11-24(22)23)18(20)9-13/h1-10H,11H2,(H,22,23). The van der Waals surface area contributed by atoms with Crippen LogP contribution in [0.4, 0.5) is 4.39 Å². The Kier molecular flexibility index (Phi) is 5.18. The topological polar surface area (TPSA) is 50.2 Å². The van der Waals surface area contributed by atoms with Crippen molar-refractivity contribution < 1.29 is 13.2 Å². The normalized spacial score (nSPS) is 12.1. The van der Waals surface area contributed by atoms with Crippen LogP contribution in [-0.2, 0) is 16.8 Å². The van der Waals surface area contributed by atoms with Gasteiger partial charge >= 0.3 is 0 Å². The van der Waals surface area contributed by atoms with Crippen LogP contribution in [0.5, 0.6) is 0 Å². The third-order valence-corrected chi connectivity index (χ3v) is 4.71. The first kappa shape index (κ1) is 17.0. The highest BCUT2D eigenvalue weighted by Crippen LogP contribution is 2.32. The van der Waals surface area contributed by atoms with Gasteiger partial charge in [-0.2, -0.15) is 0 Å². The van der Waals surface area contributed by atoms with Crippen molar-refractivity contribution in [3.8, 4) is 22.3 Å². The second-order valence-corrected chi connectivity index (χ2v) is 7.05. The predicted molar refractivity (Wildman–Crippen MR) is 97.2 cm³/mol. The van der Waals surface area contributed by atoms with Gasteiger partial charge in [-0.05, 0) is 41.0 Å². The zero-order valence-corrected chi connectivity index (χ0v) is 14.8. The monoisotopic (exact) mass is 405 g/mol. The summed E-state index contributed by atoms with van der Waals surface area (Å²) in [6.07, 6.45) is 3.39. The molecule has 1 unspecified atom stereocenters. The molecule has 2 aromatic carbocycles. The molecule has 122 valence electrons. The number of rotatable bonds is 4. The molecule has 3 nitrogen and oxygen atoms in total. The van der Waals surface area contributed by atoms with E-state index in [1.54, 1.807) is 18.5 Å². The Hall–Kier alpha value is -1.89. The smallest absolute Gasteiger partial charge is 0.157 e. The third-order valence-electron chi connectivity index (χ3n) is 3.62. The summed E-state index contributed by atoms with van der Waals surface area (Å²) in [5, 5.41) is 0. The van der Waals surface area contributed by atoms with E-state index in [1.165, 1.54) is 12.1 Å². The van der Waals surface area contributed by atoms with E-state index in [0.29, 0.717) is 5.56 Å².